The Labute approximate surface area is 150 Å². The Hall–Kier alpha value is -2.42. The fourth-order valence-corrected chi connectivity index (χ4v) is 3.81. The minimum absolute atomic E-state index is 0.222. The molecule has 5 nitrogen and oxygen atoms in total. The van der Waals surface area contributed by atoms with Gasteiger partial charge < -0.3 is 10.5 Å². The Balaban J connectivity index is 2.46. The average Bonchev–Trinajstić information content (AvgIpc) is 2.63. The number of hydrogen-bond acceptors (Lipinski definition) is 4. The number of alkyl halides is 1. The van der Waals surface area contributed by atoms with Crippen molar-refractivity contribution in [1.82, 2.24) is 0 Å². The first-order chi connectivity index (χ1) is 12.3. The van der Waals surface area contributed by atoms with Gasteiger partial charge >= 0.3 is 0 Å². The summed E-state index contributed by atoms with van der Waals surface area (Å²) in [5.74, 6) is -2.12. The van der Waals surface area contributed by atoms with Gasteiger partial charge in [0.05, 0.1) is 31.8 Å². The summed E-state index contributed by atoms with van der Waals surface area (Å²) in [4.78, 5) is 0. The maximum Gasteiger partial charge on any atom is 0.235 e. The highest BCUT2D eigenvalue weighted by Crippen LogP contribution is 2.30. The second kappa shape index (κ2) is 8.31. The fourth-order valence-electron chi connectivity index (χ4n) is 2.33. The van der Waals surface area contributed by atoms with Crippen molar-refractivity contribution in [2.24, 2.45) is 0 Å². The van der Waals surface area contributed by atoms with Crippen molar-refractivity contribution in [3.8, 4) is 5.75 Å². The summed E-state index contributed by atoms with van der Waals surface area (Å²) in [7, 11) is -2.57. The van der Waals surface area contributed by atoms with E-state index in [4.69, 9.17) is 10.5 Å². The van der Waals surface area contributed by atoms with Gasteiger partial charge in [0, 0.05) is 0 Å². The zero-order valence-electron chi connectivity index (χ0n) is 14.1. The van der Waals surface area contributed by atoms with Crippen molar-refractivity contribution in [2.75, 3.05) is 29.6 Å². The van der Waals surface area contributed by atoms with E-state index in [1.807, 2.05) is 0 Å². The lowest BCUT2D eigenvalue weighted by molar-refractivity contribution is 0.414. The summed E-state index contributed by atoms with van der Waals surface area (Å²) in [5, 5.41) is 0. The zero-order valence-corrected chi connectivity index (χ0v) is 14.9. The molecule has 142 valence electrons. The van der Waals surface area contributed by atoms with Crippen molar-refractivity contribution in [1.29, 1.82) is 0 Å². The lowest BCUT2D eigenvalue weighted by atomic mass is 10.2. The second-order valence-corrected chi connectivity index (χ2v) is 7.52. The van der Waals surface area contributed by atoms with Crippen LogP contribution >= 0.6 is 0 Å². The summed E-state index contributed by atoms with van der Waals surface area (Å²) in [6, 6.07) is 8.35. The van der Waals surface area contributed by atoms with E-state index in [-0.39, 0.29) is 13.0 Å². The first-order valence-corrected chi connectivity index (χ1v) is 9.34. The van der Waals surface area contributed by atoms with Crippen molar-refractivity contribution < 1.29 is 26.3 Å². The van der Waals surface area contributed by atoms with Gasteiger partial charge in [-0.05, 0) is 36.2 Å². The quantitative estimate of drug-likeness (QED) is 0.705. The van der Waals surface area contributed by atoms with Gasteiger partial charge in [-0.3, -0.25) is 8.70 Å². The van der Waals surface area contributed by atoms with Gasteiger partial charge in [0.2, 0.25) is 10.0 Å². The van der Waals surface area contributed by atoms with Gasteiger partial charge in [-0.25, -0.2) is 17.2 Å². The highest BCUT2D eigenvalue weighted by molar-refractivity contribution is 7.92. The molecule has 0 saturated heterocycles. The fraction of sp³-hybridized carbons (Fsp3) is 0.294. The molecule has 0 unspecified atom stereocenters. The van der Waals surface area contributed by atoms with Gasteiger partial charge in [-0.2, -0.15) is 0 Å². The van der Waals surface area contributed by atoms with Gasteiger partial charge in [-0.1, -0.05) is 12.1 Å². The molecule has 0 aliphatic carbocycles. The standard InChI is InChI=1S/C17H19F3N2O3S/c1-25-13-5-3-12(4-6-13)11-22(26(23,24)10-2-9-18)15-8-7-14(19)17(21)16(15)20/h3-8H,2,9-11,21H2,1H3. The predicted octanol–water partition coefficient (Wildman–Crippen LogP) is 3.25. The second-order valence-electron chi connectivity index (χ2n) is 5.51. The van der Waals surface area contributed by atoms with E-state index in [1.165, 1.54) is 7.11 Å². The van der Waals surface area contributed by atoms with Crippen LogP contribution in [0.1, 0.15) is 12.0 Å². The van der Waals surface area contributed by atoms with Crippen LogP contribution in [0.15, 0.2) is 36.4 Å². The maximum atomic E-state index is 14.4. The first kappa shape index (κ1) is 19.9. The normalized spacial score (nSPS) is 11.4. The van der Waals surface area contributed by atoms with Gasteiger partial charge in [0.1, 0.15) is 17.3 Å². The van der Waals surface area contributed by atoms with E-state index in [0.717, 1.165) is 16.4 Å². The number of nitrogens with two attached hydrogens (primary N) is 1. The van der Waals surface area contributed by atoms with Crippen LogP contribution in [0.3, 0.4) is 0 Å². The van der Waals surface area contributed by atoms with Crippen molar-refractivity contribution >= 4 is 21.4 Å². The minimum atomic E-state index is -4.06. The Morgan fingerprint density at radius 2 is 1.77 bits per heavy atom. The van der Waals surface area contributed by atoms with E-state index < -0.39 is 45.5 Å². The molecule has 9 heteroatoms. The zero-order chi connectivity index (χ0) is 19.3. The number of ether oxygens (including phenoxy) is 1. The van der Waals surface area contributed by atoms with Gasteiger partial charge in [0.25, 0.3) is 0 Å². The van der Waals surface area contributed by atoms with Crippen LogP contribution in [0.2, 0.25) is 0 Å². The van der Waals surface area contributed by atoms with Crippen LogP contribution in [-0.4, -0.2) is 28.0 Å². The molecule has 0 bridgehead atoms. The van der Waals surface area contributed by atoms with E-state index in [9.17, 15) is 21.6 Å². The molecule has 0 radical (unpaired) electrons. The highest BCUT2D eigenvalue weighted by Gasteiger charge is 2.27. The van der Waals surface area contributed by atoms with Crippen molar-refractivity contribution in [3.63, 3.8) is 0 Å². The van der Waals surface area contributed by atoms with Crippen molar-refractivity contribution in [3.05, 3.63) is 53.6 Å². The van der Waals surface area contributed by atoms with Crippen LogP contribution in [0.25, 0.3) is 0 Å². The molecule has 0 amide bonds. The monoisotopic (exact) mass is 388 g/mol. The largest absolute Gasteiger partial charge is 0.497 e. The smallest absolute Gasteiger partial charge is 0.235 e. The van der Waals surface area contributed by atoms with Crippen LogP contribution < -0.4 is 14.8 Å². The topological polar surface area (TPSA) is 72.6 Å². The summed E-state index contributed by atoms with van der Waals surface area (Å²) >= 11 is 0. The molecule has 0 spiro atoms. The Kier molecular flexibility index (Phi) is 6.36. The number of hydrogen-bond donors (Lipinski definition) is 1. The number of anilines is 2. The molecular formula is C17H19F3N2O3S. The SMILES string of the molecule is COc1ccc(CN(c2ccc(F)c(N)c2F)S(=O)(=O)CCCF)cc1. The third kappa shape index (κ3) is 4.40. The first-order valence-electron chi connectivity index (χ1n) is 7.73. The van der Waals surface area contributed by atoms with E-state index in [0.29, 0.717) is 11.3 Å². The van der Waals surface area contributed by atoms with Gasteiger partial charge in [-0.15, -0.1) is 0 Å². The van der Waals surface area contributed by atoms with Crippen LogP contribution in [0.5, 0.6) is 5.75 Å². The summed E-state index contributed by atoms with van der Waals surface area (Å²) in [6.45, 7) is -1.05. The van der Waals surface area contributed by atoms with Crippen LogP contribution in [0, 0.1) is 11.6 Å². The Bertz CT molecular complexity index is 858. The molecule has 0 saturated carbocycles. The van der Waals surface area contributed by atoms with E-state index in [2.05, 4.69) is 0 Å². The molecule has 26 heavy (non-hydrogen) atoms. The molecule has 2 rings (SSSR count). The Morgan fingerprint density at radius 1 is 1.12 bits per heavy atom. The Morgan fingerprint density at radius 3 is 2.35 bits per heavy atom. The molecule has 0 heterocycles. The maximum absolute atomic E-state index is 14.4. The summed E-state index contributed by atoms with van der Waals surface area (Å²) in [5.41, 5.74) is 4.72. The molecule has 2 aromatic rings. The number of halogens is 3. The molecule has 2 aromatic carbocycles. The number of rotatable bonds is 8. The van der Waals surface area contributed by atoms with Gasteiger partial charge in [0.15, 0.2) is 5.82 Å². The average molecular weight is 388 g/mol. The number of nitrogen functional groups attached to an aromatic ring is 1. The molecule has 0 atom stereocenters. The minimum Gasteiger partial charge on any atom is -0.497 e. The van der Waals surface area contributed by atoms with Crippen molar-refractivity contribution in [2.45, 2.75) is 13.0 Å². The summed E-state index contributed by atoms with van der Waals surface area (Å²) < 4.78 is 71.3. The third-order valence-corrected chi connectivity index (χ3v) is 5.53. The molecule has 0 fully saturated rings. The van der Waals surface area contributed by atoms with E-state index >= 15 is 0 Å². The number of sulfonamides is 1. The number of nitrogens with zero attached hydrogens (tertiary/aromatic N) is 1. The lowest BCUT2D eigenvalue weighted by Crippen LogP contribution is -2.33. The third-order valence-electron chi connectivity index (χ3n) is 3.73. The highest BCUT2D eigenvalue weighted by atomic mass is 32.2. The lowest BCUT2D eigenvalue weighted by Gasteiger charge is -2.25. The van der Waals surface area contributed by atoms with Crippen LogP contribution in [0.4, 0.5) is 24.5 Å². The molecule has 0 aromatic heterocycles. The predicted molar refractivity (Wildman–Crippen MR) is 94.3 cm³/mol. The number of benzene rings is 2. The molecule has 0 aliphatic heterocycles. The van der Waals surface area contributed by atoms with Crippen LogP contribution in [-0.2, 0) is 16.6 Å². The molecule has 0 aliphatic rings. The van der Waals surface area contributed by atoms with E-state index in [1.54, 1.807) is 24.3 Å². The number of methoxy groups -OCH3 is 1. The summed E-state index contributed by atoms with van der Waals surface area (Å²) in [6.07, 6.45) is -0.236. The molecule has 2 N–H and O–H groups in total. The molecular weight excluding hydrogens is 369 g/mol.